The first-order valence-electron chi connectivity index (χ1n) is 9.45. The summed E-state index contributed by atoms with van der Waals surface area (Å²) in [5.41, 5.74) is 1.39. The summed E-state index contributed by atoms with van der Waals surface area (Å²) >= 11 is 0. The van der Waals surface area contributed by atoms with Gasteiger partial charge in [0.15, 0.2) is 6.10 Å². The fourth-order valence-electron chi connectivity index (χ4n) is 2.66. The highest BCUT2D eigenvalue weighted by Gasteiger charge is 2.41. The minimum atomic E-state index is -4.54. The van der Waals surface area contributed by atoms with Gasteiger partial charge in [0, 0.05) is 6.61 Å². The molecule has 6 nitrogen and oxygen atoms in total. The summed E-state index contributed by atoms with van der Waals surface area (Å²) in [7, 11) is 0. The first-order chi connectivity index (χ1) is 14.7. The van der Waals surface area contributed by atoms with Crippen LogP contribution in [0.2, 0.25) is 0 Å². The number of hydrogen-bond acceptors (Lipinski definition) is 4. The Morgan fingerprint density at radius 2 is 1.77 bits per heavy atom. The van der Waals surface area contributed by atoms with E-state index in [0.29, 0.717) is 25.2 Å². The lowest BCUT2D eigenvalue weighted by molar-refractivity contribution is -0.197. The summed E-state index contributed by atoms with van der Waals surface area (Å²) in [5.74, 6) is -1.31. The smallest absolute Gasteiger partial charge is 0.425 e. The molecule has 0 fully saturated rings. The fourth-order valence-corrected chi connectivity index (χ4v) is 2.66. The summed E-state index contributed by atoms with van der Waals surface area (Å²) < 4.78 is 50.3. The maximum absolute atomic E-state index is 13.3. The molecule has 0 spiro atoms. The van der Waals surface area contributed by atoms with Crippen molar-refractivity contribution >= 4 is 12.4 Å². The molecule has 0 aliphatic heterocycles. The number of aryl methyl sites for hydroxylation is 1. The first-order valence-corrected chi connectivity index (χ1v) is 9.45. The minimum Gasteiger partial charge on any atom is -0.483 e. The van der Waals surface area contributed by atoms with Gasteiger partial charge in [-0.2, -0.15) is 13.2 Å². The molecule has 0 bridgehead atoms. The Morgan fingerprint density at radius 3 is 2.35 bits per heavy atom. The lowest BCUT2D eigenvalue weighted by atomic mass is 10.1. The average Bonchev–Trinajstić information content (AvgIpc) is 2.71. The van der Waals surface area contributed by atoms with Crippen LogP contribution in [0, 0.1) is 6.92 Å². The van der Waals surface area contributed by atoms with Crippen molar-refractivity contribution in [3.05, 3.63) is 65.2 Å². The summed E-state index contributed by atoms with van der Waals surface area (Å²) in [6, 6.07) is 13.4. The van der Waals surface area contributed by atoms with Crippen LogP contribution in [0.4, 0.5) is 13.2 Å². The van der Waals surface area contributed by atoms with E-state index in [1.165, 1.54) is 12.1 Å². The van der Waals surface area contributed by atoms with Crippen LogP contribution in [0.1, 0.15) is 40.7 Å². The molecule has 0 aliphatic rings. The van der Waals surface area contributed by atoms with Gasteiger partial charge < -0.3 is 19.7 Å². The summed E-state index contributed by atoms with van der Waals surface area (Å²) in [5, 5.41) is 16.0. The van der Waals surface area contributed by atoms with Gasteiger partial charge in [0.2, 0.25) is 0 Å². The zero-order chi connectivity index (χ0) is 23.3. The van der Waals surface area contributed by atoms with Crippen LogP contribution in [-0.2, 0) is 16.1 Å². The quantitative estimate of drug-likeness (QED) is 0.393. The van der Waals surface area contributed by atoms with Gasteiger partial charge in [-0.15, -0.1) is 0 Å². The molecule has 170 valence electrons. The Labute approximate surface area is 178 Å². The van der Waals surface area contributed by atoms with Crippen LogP contribution in [0.5, 0.6) is 5.75 Å². The van der Waals surface area contributed by atoms with Crippen LogP contribution in [0.15, 0.2) is 48.5 Å². The molecule has 2 aromatic carbocycles. The molecular formula is C22H25F3O6. The number of benzene rings is 2. The van der Waals surface area contributed by atoms with Gasteiger partial charge in [0.05, 0.1) is 12.2 Å². The number of carboxylic acids is 1. The number of carboxylic acid groups (broad SMARTS) is 2. The molecule has 31 heavy (non-hydrogen) atoms. The third-order valence-electron chi connectivity index (χ3n) is 4.20. The van der Waals surface area contributed by atoms with Crippen LogP contribution in [0.25, 0.3) is 0 Å². The summed E-state index contributed by atoms with van der Waals surface area (Å²) in [6.07, 6.45) is -6.02. The molecule has 0 saturated heterocycles. The first kappa shape index (κ1) is 26.0. The van der Waals surface area contributed by atoms with Gasteiger partial charge >= 0.3 is 12.1 Å². The van der Waals surface area contributed by atoms with E-state index < -0.39 is 18.2 Å². The molecule has 9 heteroatoms. The van der Waals surface area contributed by atoms with Gasteiger partial charge in [-0.3, -0.25) is 4.79 Å². The lowest BCUT2D eigenvalue weighted by Gasteiger charge is -2.22. The normalized spacial score (nSPS) is 11.7. The van der Waals surface area contributed by atoms with Crippen LogP contribution in [-0.4, -0.2) is 41.5 Å². The fraction of sp³-hybridized carbons (Fsp3) is 0.364. The average molecular weight is 442 g/mol. The number of carbonyl (C=O) groups is 2. The summed E-state index contributed by atoms with van der Waals surface area (Å²) in [6.45, 7) is 2.10. The van der Waals surface area contributed by atoms with E-state index in [0.717, 1.165) is 11.6 Å². The zero-order valence-electron chi connectivity index (χ0n) is 17.0. The van der Waals surface area contributed by atoms with Crippen molar-refractivity contribution in [2.24, 2.45) is 0 Å². The van der Waals surface area contributed by atoms with Crippen molar-refractivity contribution < 1.29 is 42.4 Å². The van der Waals surface area contributed by atoms with Gasteiger partial charge in [0.25, 0.3) is 6.47 Å². The topological polar surface area (TPSA) is 93.1 Å². The van der Waals surface area contributed by atoms with Crippen molar-refractivity contribution in [3.63, 3.8) is 0 Å². The third-order valence-corrected chi connectivity index (χ3v) is 4.20. The number of unbranched alkanes of at least 4 members (excludes halogenated alkanes) is 1. The van der Waals surface area contributed by atoms with Crippen molar-refractivity contribution in [2.75, 3.05) is 6.61 Å². The molecule has 0 amide bonds. The van der Waals surface area contributed by atoms with Crippen molar-refractivity contribution in [1.82, 2.24) is 0 Å². The predicted octanol–water partition coefficient (Wildman–Crippen LogP) is 5.09. The third kappa shape index (κ3) is 9.99. The Bertz CT molecular complexity index is 809. The Morgan fingerprint density at radius 1 is 1.13 bits per heavy atom. The van der Waals surface area contributed by atoms with Gasteiger partial charge in [-0.1, -0.05) is 36.4 Å². The summed E-state index contributed by atoms with van der Waals surface area (Å²) in [4.78, 5) is 19.5. The molecule has 2 rings (SSSR count). The van der Waals surface area contributed by atoms with E-state index in [1.54, 1.807) is 6.92 Å². The zero-order valence-corrected chi connectivity index (χ0v) is 17.0. The Balaban J connectivity index is 0.00000151. The number of aromatic carboxylic acids is 1. The van der Waals surface area contributed by atoms with E-state index in [-0.39, 0.29) is 30.6 Å². The van der Waals surface area contributed by atoms with Crippen molar-refractivity contribution in [3.8, 4) is 5.75 Å². The van der Waals surface area contributed by atoms with Crippen LogP contribution >= 0.6 is 0 Å². The number of rotatable bonds is 10. The molecule has 1 atom stereocenters. The highest BCUT2D eigenvalue weighted by atomic mass is 19.4. The van der Waals surface area contributed by atoms with Gasteiger partial charge in [-0.05, 0) is 49.4 Å². The van der Waals surface area contributed by atoms with Crippen LogP contribution in [0.3, 0.4) is 0 Å². The largest absolute Gasteiger partial charge is 0.483 e. The predicted molar refractivity (Wildman–Crippen MR) is 107 cm³/mol. The number of ether oxygens (including phenoxy) is 2. The maximum atomic E-state index is 13.3. The highest BCUT2D eigenvalue weighted by Crippen LogP contribution is 2.29. The Kier molecular flexibility index (Phi) is 11.1. The van der Waals surface area contributed by atoms with Crippen molar-refractivity contribution in [1.29, 1.82) is 0 Å². The molecule has 0 aliphatic carbocycles. The highest BCUT2D eigenvalue weighted by molar-refractivity contribution is 5.89. The van der Waals surface area contributed by atoms with E-state index in [4.69, 9.17) is 24.5 Å². The molecule has 2 N–H and O–H groups in total. The minimum absolute atomic E-state index is 0.0762. The van der Waals surface area contributed by atoms with E-state index >= 15 is 0 Å². The van der Waals surface area contributed by atoms with E-state index in [2.05, 4.69) is 0 Å². The standard InChI is InChI=1S/C21H23F3O4.CH2O2/c1-15-10-11-17(13-18(15)20(25)26)28-19(21(22,23)24)9-5-6-12-27-14-16-7-3-2-4-8-16;2-1-3/h2-4,7-8,10-11,13,19H,5-6,9,12,14H2,1H3,(H,25,26);1H,(H,2,3). The van der Waals surface area contributed by atoms with Crippen molar-refractivity contribution in [2.45, 2.75) is 45.1 Å². The number of halogens is 3. The van der Waals surface area contributed by atoms with Gasteiger partial charge in [0.1, 0.15) is 5.75 Å². The van der Waals surface area contributed by atoms with E-state index in [9.17, 15) is 18.0 Å². The monoisotopic (exact) mass is 442 g/mol. The molecule has 0 radical (unpaired) electrons. The number of alkyl halides is 3. The second-order valence-electron chi connectivity index (χ2n) is 6.57. The Hall–Kier alpha value is -3.07. The molecule has 0 heterocycles. The lowest BCUT2D eigenvalue weighted by Crippen LogP contribution is -2.34. The molecule has 0 aromatic heterocycles. The van der Waals surface area contributed by atoms with Gasteiger partial charge in [-0.25, -0.2) is 4.79 Å². The molecular weight excluding hydrogens is 417 g/mol. The second kappa shape index (κ2) is 13.3. The molecule has 2 aromatic rings. The molecule has 1 unspecified atom stereocenters. The molecule has 0 saturated carbocycles. The number of hydrogen-bond donors (Lipinski definition) is 2. The second-order valence-corrected chi connectivity index (χ2v) is 6.57. The SMILES string of the molecule is Cc1ccc(OC(CCCCOCc2ccccc2)C(F)(F)F)cc1C(=O)O.O=CO. The van der Waals surface area contributed by atoms with E-state index in [1.807, 2.05) is 30.3 Å². The van der Waals surface area contributed by atoms with Crippen LogP contribution < -0.4 is 4.74 Å². The maximum Gasteiger partial charge on any atom is 0.425 e.